The Hall–Kier alpha value is -0.823. The molecule has 0 unspecified atom stereocenters. The summed E-state index contributed by atoms with van der Waals surface area (Å²) < 4.78 is 4.96. The fourth-order valence-corrected chi connectivity index (χ4v) is 1.20. The Kier molecular flexibility index (Phi) is 3.09. The topological polar surface area (TPSA) is 50.1 Å². The van der Waals surface area contributed by atoms with Gasteiger partial charge in [0.1, 0.15) is 6.42 Å². The van der Waals surface area contributed by atoms with Crippen LogP contribution in [0.4, 0.5) is 0 Å². The summed E-state index contributed by atoms with van der Waals surface area (Å²) in [6.45, 7) is 5.72. The summed E-state index contributed by atoms with van der Waals surface area (Å²) in [6.07, 6.45) is -0.135. The predicted molar refractivity (Wildman–Crippen MR) is 39.7 cm³/mol. The Morgan fingerprint density at radius 2 is 2.10 bits per heavy atom. The number of nitrogens with zero attached hydrogens (tertiary/aromatic N) is 1. The zero-order valence-electron chi connectivity index (χ0n) is 6.47. The Morgan fingerprint density at radius 1 is 1.60 bits per heavy atom. The van der Waals surface area contributed by atoms with Crippen molar-refractivity contribution < 1.29 is 9.22 Å². The second-order valence-corrected chi connectivity index (χ2v) is 7.35. The summed E-state index contributed by atoms with van der Waals surface area (Å²) in [5.41, 5.74) is 0. The van der Waals surface area contributed by atoms with Crippen molar-refractivity contribution in [2.75, 3.05) is 0 Å². The number of rotatable bonds is 2. The van der Waals surface area contributed by atoms with Crippen molar-refractivity contribution in [3.8, 4) is 6.07 Å². The molecule has 0 N–H and O–H groups in total. The average Bonchev–Trinajstić information content (AvgIpc) is 1.59. The molecule has 56 valence electrons. The zero-order valence-corrected chi connectivity index (χ0v) is 7.47. The Labute approximate surface area is 61.7 Å². The van der Waals surface area contributed by atoms with E-state index in [-0.39, 0.29) is 6.42 Å². The number of carbonyl (C=O) groups is 1. The van der Waals surface area contributed by atoms with E-state index in [1.807, 2.05) is 19.6 Å². The van der Waals surface area contributed by atoms with Crippen molar-refractivity contribution in [1.29, 1.82) is 5.26 Å². The maximum absolute atomic E-state index is 10.6. The first-order valence-corrected chi connectivity index (χ1v) is 6.45. The summed E-state index contributed by atoms with van der Waals surface area (Å²) in [7, 11) is -1.76. The zero-order chi connectivity index (χ0) is 8.20. The summed E-state index contributed by atoms with van der Waals surface area (Å²) in [5.74, 6) is -0.401. The fraction of sp³-hybridized carbons (Fsp3) is 0.667. The summed E-state index contributed by atoms with van der Waals surface area (Å²) in [5, 5.41) is 8.10. The minimum Gasteiger partial charge on any atom is -0.519 e. The van der Waals surface area contributed by atoms with E-state index in [1.54, 1.807) is 6.07 Å². The first-order valence-electron chi connectivity index (χ1n) is 3.04. The molecule has 10 heavy (non-hydrogen) atoms. The molecule has 0 saturated heterocycles. The number of carbonyl (C=O) groups excluding carboxylic acids is 1. The van der Waals surface area contributed by atoms with Gasteiger partial charge in [-0.1, -0.05) is 0 Å². The first kappa shape index (κ1) is 9.18. The van der Waals surface area contributed by atoms with E-state index in [4.69, 9.17) is 9.69 Å². The van der Waals surface area contributed by atoms with Gasteiger partial charge in [-0.25, -0.2) is 0 Å². The third-order valence-corrected chi connectivity index (χ3v) is 1.48. The molecule has 0 bridgehead atoms. The minimum absolute atomic E-state index is 0.135. The van der Waals surface area contributed by atoms with Crippen LogP contribution >= 0.6 is 0 Å². The van der Waals surface area contributed by atoms with Gasteiger partial charge < -0.3 is 4.43 Å². The van der Waals surface area contributed by atoms with Crippen LogP contribution in [0.5, 0.6) is 0 Å². The molecule has 0 aromatic heterocycles. The van der Waals surface area contributed by atoms with Gasteiger partial charge in [0.2, 0.25) is 8.32 Å². The number of hydrogen-bond acceptors (Lipinski definition) is 3. The summed E-state index contributed by atoms with van der Waals surface area (Å²) >= 11 is 0. The first-order chi connectivity index (χ1) is 4.45. The van der Waals surface area contributed by atoms with Crippen LogP contribution in [0.15, 0.2) is 0 Å². The number of hydrogen-bond donors (Lipinski definition) is 0. The van der Waals surface area contributed by atoms with Crippen LogP contribution in [0.25, 0.3) is 0 Å². The molecule has 0 saturated carbocycles. The molecular formula is C6H11NO2Si. The van der Waals surface area contributed by atoms with Crippen molar-refractivity contribution in [2.24, 2.45) is 0 Å². The molecule has 0 aliphatic heterocycles. The van der Waals surface area contributed by atoms with Crippen LogP contribution in [0.1, 0.15) is 6.42 Å². The highest BCUT2D eigenvalue weighted by atomic mass is 28.4. The highest BCUT2D eigenvalue weighted by Crippen LogP contribution is 2.03. The van der Waals surface area contributed by atoms with Gasteiger partial charge in [0.25, 0.3) is 0 Å². The number of nitriles is 1. The van der Waals surface area contributed by atoms with Crippen molar-refractivity contribution in [2.45, 2.75) is 26.1 Å². The molecular weight excluding hydrogens is 146 g/mol. The highest BCUT2D eigenvalue weighted by Gasteiger charge is 2.19. The lowest BCUT2D eigenvalue weighted by molar-refractivity contribution is -0.133. The van der Waals surface area contributed by atoms with Crippen molar-refractivity contribution in [3.05, 3.63) is 0 Å². The van der Waals surface area contributed by atoms with Gasteiger partial charge in [0.05, 0.1) is 6.07 Å². The minimum atomic E-state index is -1.76. The van der Waals surface area contributed by atoms with Crippen LogP contribution in [-0.2, 0) is 9.22 Å². The van der Waals surface area contributed by atoms with Crippen LogP contribution in [0, 0.1) is 11.3 Å². The van der Waals surface area contributed by atoms with E-state index in [0.717, 1.165) is 0 Å². The lowest BCUT2D eigenvalue weighted by atomic mass is 10.5. The summed E-state index contributed by atoms with van der Waals surface area (Å²) in [6, 6.07) is 1.74. The maximum atomic E-state index is 10.6. The van der Waals surface area contributed by atoms with Gasteiger partial charge in [0.15, 0.2) is 0 Å². The molecule has 0 aliphatic carbocycles. The lowest BCUT2D eigenvalue weighted by Gasteiger charge is -2.15. The molecule has 0 fully saturated rings. The normalized spacial score (nSPS) is 10.2. The van der Waals surface area contributed by atoms with E-state index < -0.39 is 14.3 Å². The van der Waals surface area contributed by atoms with Crippen LogP contribution in [0.3, 0.4) is 0 Å². The van der Waals surface area contributed by atoms with E-state index >= 15 is 0 Å². The molecule has 0 aromatic carbocycles. The third kappa shape index (κ3) is 5.32. The highest BCUT2D eigenvalue weighted by molar-refractivity contribution is 6.71. The fourth-order valence-electron chi connectivity index (χ4n) is 0.442. The van der Waals surface area contributed by atoms with Crippen LogP contribution in [0.2, 0.25) is 19.6 Å². The van der Waals surface area contributed by atoms with Gasteiger partial charge in [-0.15, -0.1) is 0 Å². The Balaban J connectivity index is 3.72. The van der Waals surface area contributed by atoms with Gasteiger partial charge >= 0.3 is 5.97 Å². The molecule has 4 heteroatoms. The lowest BCUT2D eigenvalue weighted by Crippen LogP contribution is -2.28. The van der Waals surface area contributed by atoms with Crippen LogP contribution in [-0.4, -0.2) is 14.3 Å². The molecule has 0 rings (SSSR count). The van der Waals surface area contributed by atoms with Gasteiger partial charge in [-0.05, 0) is 19.6 Å². The molecule has 0 heterocycles. The largest absolute Gasteiger partial charge is 0.519 e. The van der Waals surface area contributed by atoms with Gasteiger partial charge in [-0.3, -0.25) is 4.79 Å². The van der Waals surface area contributed by atoms with Crippen molar-refractivity contribution >= 4 is 14.3 Å². The quantitative estimate of drug-likeness (QED) is 0.567. The Bertz CT molecular complexity index is 166. The molecule has 0 aliphatic rings. The standard InChI is InChI=1S/C6H11NO2Si/c1-10(2,3)9-6(8)4-5-7/h4H2,1-3H3. The van der Waals surface area contributed by atoms with E-state index in [1.165, 1.54) is 0 Å². The van der Waals surface area contributed by atoms with Crippen molar-refractivity contribution in [1.82, 2.24) is 0 Å². The summed E-state index contributed by atoms with van der Waals surface area (Å²) in [4.78, 5) is 10.6. The average molecular weight is 157 g/mol. The van der Waals surface area contributed by atoms with Crippen molar-refractivity contribution in [3.63, 3.8) is 0 Å². The second-order valence-electron chi connectivity index (χ2n) is 2.92. The molecule has 0 atom stereocenters. The van der Waals surface area contributed by atoms with E-state index in [9.17, 15) is 4.79 Å². The molecule has 3 nitrogen and oxygen atoms in total. The molecule has 0 spiro atoms. The Morgan fingerprint density at radius 3 is 2.40 bits per heavy atom. The molecule has 0 amide bonds. The molecule has 0 aromatic rings. The third-order valence-electron chi connectivity index (χ3n) is 0.643. The van der Waals surface area contributed by atoms with Gasteiger partial charge in [0, 0.05) is 0 Å². The predicted octanol–water partition coefficient (Wildman–Crippen LogP) is 1.28. The SMILES string of the molecule is C[Si](C)(C)OC(=O)CC#N. The van der Waals surface area contributed by atoms with Gasteiger partial charge in [-0.2, -0.15) is 5.26 Å². The maximum Gasteiger partial charge on any atom is 0.306 e. The van der Waals surface area contributed by atoms with Crippen LogP contribution < -0.4 is 0 Å². The van der Waals surface area contributed by atoms with E-state index in [2.05, 4.69) is 0 Å². The smallest absolute Gasteiger partial charge is 0.306 e. The molecule has 0 radical (unpaired) electrons. The second kappa shape index (κ2) is 3.37. The van der Waals surface area contributed by atoms with E-state index in [0.29, 0.717) is 0 Å². The monoisotopic (exact) mass is 157 g/mol.